The lowest BCUT2D eigenvalue weighted by atomic mass is 10.0. The number of ketones is 1. The minimum atomic E-state index is -1.92. The van der Waals surface area contributed by atoms with Crippen molar-refractivity contribution in [2.45, 2.75) is 43.8 Å². The Hall–Kier alpha value is -5.18. The number of carbonyl (C=O) groups is 5. The molecule has 0 aromatic heterocycles. The molecule has 2 aliphatic rings. The number of ether oxygens (including phenoxy) is 2. The van der Waals surface area contributed by atoms with Crippen molar-refractivity contribution < 1.29 is 56.1 Å². The number of anilines is 1. The molecule has 3 aromatic rings. The fourth-order valence-corrected chi connectivity index (χ4v) is 5.49. The van der Waals surface area contributed by atoms with Crippen LogP contribution in [0.3, 0.4) is 0 Å². The van der Waals surface area contributed by atoms with E-state index in [2.05, 4.69) is 15.4 Å². The lowest BCUT2D eigenvalue weighted by molar-refractivity contribution is -0.140. The summed E-state index contributed by atoms with van der Waals surface area (Å²) in [5, 5.41) is 14.5. The summed E-state index contributed by atoms with van der Waals surface area (Å²) in [6, 6.07) is 6.70. The number of para-hydroxylation sites is 1. The Morgan fingerprint density at radius 3 is 2.32 bits per heavy atom. The minimum Gasteiger partial charge on any atom is -0.481 e. The van der Waals surface area contributed by atoms with Gasteiger partial charge in [0.05, 0.1) is 12.1 Å². The van der Waals surface area contributed by atoms with E-state index >= 15 is 0 Å². The predicted molar refractivity (Wildman–Crippen MR) is 155 cm³/mol. The Labute approximate surface area is 268 Å². The maximum absolute atomic E-state index is 14.0. The molecule has 0 fully saturated rings. The zero-order valence-electron chi connectivity index (χ0n) is 24.0. The third-order valence-corrected chi connectivity index (χ3v) is 7.79. The van der Waals surface area contributed by atoms with Crippen molar-refractivity contribution in [3.63, 3.8) is 0 Å². The van der Waals surface area contributed by atoms with Crippen LogP contribution in [0.4, 0.5) is 28.0 Å². The fourth-order valence-electron chi connectivity index (χ4n) is 5.37. The molecule has 47 heavy (non-hydrogen) atoms. The van der Waals surface area contributed by atoms with E-state index in [0.29, 0.717) is 28.3 Å². The van der Waals surface area contributed by atoms with Crippen molar-refractivity contribution >= 4 is 46.9 Å². The van der Waals surface area contributed by atoms with Crippen LogP contribution in [0.1, 0.15) is 24.0 Å². The van der Waals surface area contributed by atoms with Crippen LogP contribution >= 0.6 is 11.6 Å². The van der Waals surface area contributed by atoms with Gasteiger partial charge in [0.2, 0.25) is 23.4 Å². The van der Waals surface area contributed by atoms with E-state index in [1.165, 1.54) is 29.2 Å². The number of aliphatic carboxylic acids is 1. The van der Waals surface area contributed by atoms with Crippen LogP contribution in [0, 0.1) is 23.3 Å². The number of benzene rings is 3. The average Bonchev–Trinajstić information content (AvgIpc) is 3.36. The highest BCUT2D eigenvalue weighted by Crippen LogP contribution is 2.39. The Morgan fingerprint density at radius 2 is 1.66 bits per heavy atom. The van der Waals surface area contributed by atoms with Crippen molar-refractivity contribution in [3.05, 3.63) is 87.9 Å². The lowest BCUT2D eigenvalue weighted by Gasteiger charge is -2.28. The molecular weight excluding hydrogens is 654 g/mol. The van der Waals surface area contributed by atoms with Gasteiger partial charge in [-0.25, -0.2) is 13.6 Å². The third kappa shape index (κ3) is 7.14. The molecule has 3 aromatic carbocycles. The van der Waals surface area contributed by atoms with Crippen LogP contribution in [-0.4, -0.2) is 59.5 Å². The van der Waals surface area contributed by atoms with Crippen molar-refractivity contribution in [3.8, 4) is 11.5 Å². The summed E-state index contributed by atoms with van der Waals surface area (Å²) >= 11 is 5.85. The van der Waals surface area contributed by atoms with Crippen LogP contribution in [0.5, 0.6) is 11.5 Å². The molecular formula is C31H24ClF4N3O8. The first kappa shape index (κ1) is 33.2. The van der Waals surface area contributed by atoms with Gasteiger partial charge in [-0.1, -0.05) is 29.8 Å². The molecule has 3 N–H and O–H groups in total. The SMILES string of the molecule is O=C(O)CC(NC(=O)C1Cc2cccc3c2N1C(=O)C(NC(=O)Oc1ccc(Cl)cc1)CC3)C(=O)COc1c(F)c(F)cc(F)c1F. The Kier molecular flexibility index (Phi) is 9.65. The van der Waals surface area contributed by atoms with E-state index in [-0.39, 0.29) is 24.7 Å². The molecule has 2 aliphatic heterocycles. The number of rotatable bonds is 10. The average molecular weight is 678 g/mol. The van der Waals surface area contributed by atoms with E-state index < -0.39 is 89.8 Å². The first-order valence-corrected chi connectivity index (χ1v) is 14.4. The summed E-state index contributed by atoms with van der Waals surface area (Å²) in [6.45, 7) is -1.27. The summed E-state index contributed by atoms with van der Waals surface area (Å²) in [6.07, 6.45) is -1.52. The number of Topliss-reactive ketones (excluding diaryl/α,β-unsaturated/α-hetero) is 1. The number of carboxylic acids is 1. The monoisotopic (exact) mass is 677 g/mol. The Bertz CT molecular complexity index is 1750. The quantitative estimate of drug-likeness (QED) is 0.216. The first-order chi connectivity index (χ1) is 22.3. The molecule has 0 spiro atoms. The van der Waals surface area contributed by atoms with Gasteiger partial charge in [-0.3, -0.25) is 24.1 Å². The topological polar surface area (TPSA) is 151 Å². The molecule has 246 valence electrons. The molecule has 5 rings (SSSR count). The highest BCUT2D eigenvalue weighted by Gasteiger charge is 2.45. The van der Waals surface area contributed by atoms with Crippen molar-refractivity contribution in [1.29, 1.82) is 0 Å². The standard InChI is InChI=1S/C31H24ClF4N3O8/c32-16-5-7-17(8-6-16)47-31(45)38-20-9-4-14-2-1-3-15-10-22(39(27(14)15)30(20)44)29(43)37-21(12-24(41)42)23(40)13-46-28-25(35)18(33)11-19(34)26(28)36/h1-3,5-8,11,20-22H,4,9-10,12-13H2,(H,37,43)(H,38,45)(H,41,42). The zero-order valence-corrected chi connectivity index (χ0v) is 24.8. The summed E-state index contributed by atoms with van der Waals surface area (Å²) in [4.78, 5) is 65.7. The third-order valence-electron chi connectivity index (χ3n) is 7.54. The number of hydrogen-bond donors (Lipinski definition) is 3. The molecule has 0 saturated carbocycles. The maximum Gasteiger partial charge on any atom is 0.413 e. The lowest BCUT2D eigenvalue weighted by Crippen LogP contribution is -2.57. The number of carboxylic acid groups (broad SMARTS) is 1. The smallest absolute Gasteiger partial charge is 0.413 e. The molecule has 2 heterocycles. The van der Waals surface area contributed by atoms with Gasteiger partial charge >= 0.3 is 12.1 Å². The molecule has 0 bridgehead atoms. The van der Waals surface area contributed by atoms with Crippen molar-refractivity contribution in [1.82, 2.24) is 10.6 Å². The van der Waals surface area contributed by atoms with Crippen LogP contribution in [0.2, 0.25) is 5.02 Å². The van der Waals surface area contributed by atoms with Gasteiger partial charge in [0.25, 0.3) is 0 Å². The van der Waals surface area contributed by atoms with Gasteiger partial charge in [-0.15, -0.1) is 0 Å². The van der Waals surface area contributed by atoms with Crippen molar-refractivity contribution in [2.75, 3.05) is 11.5 Å². The number of hydrogen-bond acceptors (Lipinski definition) is 7. The van der Waals surface area contributed by atoms with E-state index in [1.807, 2.05) is 0 Å². The molecule has 3 atom stereocenters. The molecule has 16 heteroatoms. The van der Waals surface area contributed by atoms with Gasteiger partial charge in [-0.2, -0.15) is 8.78 Å². The summed E-state index contributed by atoms with van der Waals surface area (Å²) in [5.41, 5.74) is 1.72. The number of carbonyl (C=O) groups excluding carboxylic acids is 4. The van der Waals surface area contributed by atoms with Crippen LogP contribution in [0.25, 0.3) is 0 Å². The first-order valence-electron chi connectivity index (χ1n) is 14.0. The predicted octanol–water partition coefficient (Wildman–Crippen LogP) is 3.87. The van der Waals surface area contributed by atoms with E-state index in [9.17, 15) is 46.6 Å². The van der Waals surface area contributed by atoms with Crippen LogP contribution in [-0.2, 0) is 32.0 Å². The summed E-state index contributed by atoms with van der Waals surface area (Å²) in [5.74, 6) is -13.2. The number of nitrogens with one attached hydrogen (secondary N) is 2. The van der Waals surface area contributed by atoms with Gasteiger partial charge in [-0.05, 0) is 48.2 Å². The van der Waals surface area contributed by atoms with E-state index in [4.69, 9.17) is 16.3 Å². The number of nitrogens with zero attached hydrogens (tertiary/aromatic N) is 1. The van der Waals surface area contributed by atoms with Gasteiger partial charge < -0.3 is 25.2 Å². The van der Waals surface area contributed by atoms with Gasteiger partial charge in [0, 0.05) is 17.5 Å². The van der Waals surface area contributed by atoms with E-state index in [0.717, 1.165) is 0 Å². The second-order valence-corrected chi connectivity index (χ2v) is 11.1. The Balaban J connectivity index is 1.33. The largest absolute Gasteiger partial charge is 0.481 e. The van der Waals surface area contributed by atoms with Gasteiger partial charge in [0.1, 0.15) is 30.5 Å². The van der Waals surface area contributed by atoms with Crippen LogP contribution < -0.4 is 25.0 Å². The molecule has 3 unspecified atom stereocenters. The number of halogens is 5. The second-order valence-electron chi connectivity index (χ2n) is 10.6. The number of amides is 3. The fraction of sp³-hybridized carbons (Fsp3) is 0.258. The summed E-state index contributed by atoms with van der Waals surface area (Å²) < 4.78 is 65.0. The molecule has 0 radical (unpaired) electrons. The zero-order chi connectivity index (χ0) is 34.0. The normalized spacial score (nSPS) is 17.3. The highest BCUT2D eigenvalue weighted by molar-refractivity contribution is 6.30. The minimum absolute atomic E-state index is 0.0356. The summed E-state index contributed by atoms with van der Waals surface area (Å²) in [7, 11) is 0. The molecule has 0 aliphatic carbocycles. The van der Waals surface area contributed by atoms with E-state index in [1.54, 1.807) is 18.2 Å². The molecule has 11 nitrogen and oxygen atoms in total. The van der Waals surface area contributed by atoms with Crippen molar-refractivity contribution in [2.24, 2.45) is 0 Å². The highest BCUT2D eigenvalue weighted by atomic mass is 35.5. The van der Waals surface area contributed by atoms with Gasteiger partial charge in [0.15, 0.2) is 23.2 Å². The molecule has 3 amide bonds. The second kappa shape index (κ2) is 13.7. The number of aryl methyl sites for hydroxylation is 1. The molecule has 0 saturated heterocycles. The van der Waals surface area contributed by atoms with Crippen LogP contribution in [0.15, 0.2) is 48.5 Å². The Morgan fingerprint density at radius 1 is 1.00 bits per heavy atom. The maximum atomic E-state index is 14.0.